The Balaban J connectivity index is 1.32. The molecule has 0 unspecified atom stereocenters. The highest BCUT2D eigenvalue weighted by Crippen LogP contribution is 2.52. The third-order valence-electron chi connectivity index (χ3n) is 10.4. The molecule has 4 fully saturated rings. The van der Waals surface area contributed by atoms with Crippen molar-refractivity contribution in [1.29, 1.82) is 0 Å². The van der Waals surface area contributed by atoms with Gasteiger partial charge in [-0.05, 0) is 82.6 Å². The van der Waals surface area contributed by atoms with Gasteiger partial charge >= 0.3 is 5.97 Å². The molecule has 8 nitrogen and oxygen atoms in total. The summed E-state index contributed by atoms with van der Waals surface area (Å²) in [5, 5.41) is 15.8. The van der Waals surface area contributed by atoms with Gasteiger partial charge in [0, 0.05) is 24.6 Å². The number of halogens is 1. The van der Waals surface area contributed by atoms with Crippen LogP contribution < -0.4 is 20.1 Å². The van der Waals surface area contributed by atoms with Crippen LogP contribution in [0.1, 0.15) is 88.9 Å². The molecule has 0 aliphatic heterocycles. The van der Waals surface area contributed by atoms with Gasteiger partial charge in [0.05, 0.1) is 30.1 Å². The fourth-order valence-corrected chi connectivity index (χ4v) is 7.42. The number of rotatable bonds is 9. The van der Waals surface area contributed by atoms with Gasteiger partial charge in [-0.25, -0.2) is 4.39 Å². The largest absolute Gasteiger partial charge is 0.496 e. The Morgan fingerprint density at radius 1 is 1.12 bits per heavy atom. The molecule has 2 amide bonds. The van der Waals surface area contributed by atoms with Crippen molar-refractivity contribution < 1.29 is 33.4 Å². The first-order valence-electron chi connectivity index (χ1n) is 15.0. The van der Waals surface area contributed by atoms with Crippen molar-refractivity contribution in [3.05, 3.63) is 35.2 Å². The number of fused-ring (bicyclic) bond motifs is 2. The number of carboxylic acid groups (broad SMARTS) is 1. The number of hydrogen-bond donors (Lipinski definition) is 3. The molecular weight excluding hydrogens is 527 g/mol. The quantitative estimate of drug-likeness (QED) is 0.350. The summed E-state index contributed by atoms with van der Waals surface area (Å²) < 4.78 is 26.4. The lowest BCUT2D eigenvalue weighted by atomic mass is 9.70. The second kappa shape index (κ2) is 11.3. The van der Waals surface area contributed by atoms with E-state index in [9.17, 15) is 19.5 Å². The van der Waals surface area contributed by atoms with Gasteiger partial charge < -0.3 is 25.2 Å². The molecule has 5 rings (SSSR count). The normalized spacial score (nSPS) is 32.7. The number of amides is 2. The second-order valence-corrected chi connectivity index (χ2v) is 13.2. The summed E-state index contributed by atoms with van der Waals surface area (Å²) in [4.78, 5) is 38.8. The lowest BCUT2D eigenvalue weighted by Gasteiger charge is -2.39. The van der Waals surface area contributed by atoms with E-state index in [0.29, 0.717) is 32.2 Å². The van der Waals surface area contributed by atoms with Crippen molar-refractivity contribution in [3.8, 4) is 11.5 Å². The standard InChI is InChI=1S/C32H43FN2O6/c1-5-18-13-19-14-21(18)27(26(19)29(37)34-17-31(2)9-6-10-31)35-28(36)22-15-25(23(33)16-24(22)40-4)41-20-7-11-32(3,12-8-20)30(38)39/h5,15-16,19-21,26-27H,6-14,17H2,1-4H3,(H,34,37)(H,35,36)(H,38,39)/b18-5-/t19-,20?,21-,26+,27-,32?/m1/s1. The van der Waals surface area contributed by atoms with E-state index in [-0.39, 0.29) is 58.3 Å². The van der Waals surface area contributed by atoms with Crippen LogP contribution in [0.2, 0.25) is 0 Å². The number of ether oxygens (including phenoxy) is 2. The summed E-state index contributed by atoms with van der Waals surface area (Å²) in [6, 6.07) is 2.15. The molecular formula is C32H43FN2O6. The van der Waals surface area contributed by atoms with E-state index >= 15 is 4.39 Å². The van der Waals surface area contributed by atoms with Crippen LogP contribution in [0, 0.1) is 34.4 Å². The summed E-state index contributed by atoms with van der Waals surface area (Å²) in [6.07, 6.45) is 8.68. The van der Waals surface area contributed by atoms with Crippen LogP contribution in [-0.2, 0) is 9.59 Å². The highest BCUT2D eigenvalue weighted by atomic mass is 19.1. The molecule has 4 aliphatic carbocycles. The predicted molar refractivity (Wildman–Crippen MR) is 151 cm³/mol. The van der Waals surface area contributed by atoms with Crippen LogP contribution in [-0.4, -0.2) is 48.7 Å². The number of aliphatic carboxylic acids is 1. The maximum atomic E-state index is 15.0. The number of hydrogen-bond acceptors (Lipinski definition) is 5. The van der Waals surface area contributed by atoms with Crippen LogP contribution in [0.5, 0.6) is 11.5 Å². The first kappa shape index (κ1) is 29.4. The van der Waals surface area contributed by atoms with Gasteiger partial charge in [-0.15, -0.1) is 0 Å². The van der Waals surface area contributed by atoms with E-state index in [1.807, 2.05) is 6.92 Å². The Morgan fingerprint density at radius 3 is 2.41 bits per heavy atom. The molecule has 2 bridgehead atoms. The maximum Gasteiger partial charge on any atom is 0.309 e. The Hall–Kier alpha value is -3.10. The van der Waals surface area contributed by atoms with E-state index < -0.39 is 23.1 Å². The summed E-state index contributed by atoms with van der Waals surface area (Å²) in [5.41, 5.74) is 0.745. The predicted octanol–water partition coefficient (Wildman–Crippen LogP) is 5.25. The molecule has 0 aromatic heterocycles. The van der Waals surface area contributed by atoms with Crippen LogP contribution in [0.3, 0.4) is 0 Å². The van der Waals surface area contributed by atoms with Crippen molar-refractivity contribution >= 4 is 17.8 Å². The third kappa shape index (κ3) is 5.69. The van der Waals surface area contributed by atoms with Gasteiger partial charge in [-0.2, -0.15) is 0 Å². The smallest absolute Gasteiger partial charge is 0.309 e. The number of carbonyl (C=O) groups excluding carboxylic acids is 2. The van der Waals surface area contributed by atoms with Crippen LogP contribution in [0.15, 0.2) is 23.8 Å². The molecule has 1 aromatic carbocycles. The van der Waals surface area contributed by atoms with E-state index in [2.05, 4.69) is 23.6 Å². The summed E-state index contributed by atoms with van der Waals surface area (Å²) in [5.74, 6) is -1.99. The molecule has 4 aliphatic rings. The molecule has 0 saturated heterocycles. The van der Waals surface area contributed by atoms with Crippen molar-refractivity contribution in [3.63, 3.8) is 0 Å². The van der Waals surface area contributed by atoms with Gasteiger partial charge in [-0.1, -0.05) is 25.0 Å². The maximum absolute atomic E-state index is 15.0. The Bertz CT molecular complexity index is 1230. The van der Waals surface area contributed by atoms with E-state index in [4.69, 9.17) is 9.47 Å². The highest BCUT2D eigenvalue weighted by Gasteiger charge is 2.53. The monoisotopic (exact) mass is 570 g/mol. The Morgan fingerprint density at radius 2 is 1.83 bits per heavy atom. The summed E-state index contributed by atoms with van der Waals surface area (Å²) in [7, 11) is 1.38. The van der Waals surface area contributed by atoms with Crippen LogP contribution >= 0.6 is 0 Å². The molecule has 3 N–H and O–H groups in total. The van der Waals surface area contributed by atoms with Gasteiger partial charge in [0.2, 0.25) is 5.91 Å². The topological polar surface area (TPSA) is 114 Å². The number of methoxy groups -OCH3 is 1. The second-order valence-electron chi connectivity index (χ2n) is 13.2. The zero-order chi connectivity index (χ0) is 29.5. The number of carbonyl (C=O) groups is 3. The van der Waals surface area contributed by atoms with Crippen molar-refractivity contribution in [2.24, 2.45) is 28.6 Å². The lowest BCUT2D eigenvalue weighted by molar-refractivity contribution is -0.150. The molecule has 4 saturated carbocycles. The van der Waals surface area contributed by atoms with Crippen molar-refractivity contribution in [2.75, 3.05) is 13.7 Å². The van der Waals surface area contributed by atoms with Gasteiger partial charge in [0.1, 0.15) is 5.75 Å². The first-order chi connectivity index (χ1) is 19.5. The molecule has 4 atom stereocenters. The van der Waals surface area contributed by atoms with Gasteiger partial charge in [0.25, 0.3) is 5.91 Å². The van der Waals surface area contributed by atoms with Crippen LogP contribution in [0.25, 0.3) is 0 Å². The minimum absolute atomic E-state index is 0.00756. The fourth-order valence-electron chi connectivity index (χ4n) is 7.42. The average molecular weight is 571 g/mol. The molecule has 0 radical (unpaired) electrons. The van der Waals surface area contributed by atoms with E-state index in [1.165, 1.54) is 25.2 Å². The average Bonchev–Trinajstić information content (AvgIpc) is 3.51. The molecule has 41 heavy (non-hydrogen) atoms. The first-order valence-corrected chi connectivity index (χ1v) is 15.0. The van der Waals surface area contributed by atoms with Crippen molar-refractivity contribution in [1.82, 2.24) is 10.6 Å². The molecule has 0 heterocycles. The van der Waals surface area contributed by atoms with E-state index in [1.54, 1.807) is 6.92 Å². The molecule has 1 aromatic rings. The highest BCUT2D eigenvalue weighted by molar-refractivity contribution is 5.98. The molecule has 9 heteroatoms. The summed E-state index contributed by atoms with van der Waals surface area (Å²) in [6.45, 7) is 6.57. The fraction of sp³-hybridized carbons (Fsp3) is 0.656. The lowest BCUT2D eigenvalue weighted by Crippen LogP contribution is -2.52. The molecule has 224 valence electrons. The van der Waals surface area contributed by atoms with E-state index in [0.717, 1.165) is 31.7 Å². The van der Waals surface area contributed by atoms with Crippen LogP contribution in [0.4, 0.5) is 4.39 Å². The van der Waals surface area contributed by atoms with Crippen molar-refractivity contribution in [2.45, 2.75) is 90.7 Å². The molecule has 0 spiro atoms. The SMILES string of the molecule is C/C=C1/C[C@@H]2C[C@H]1[C@@H](NC(=O)c1cc(OC3CCC(C)(C(=O)O)CC3)c(F)cc1OC)[C@H]2C(=O)NCC1(C)CCC1. The minimum atomic E-state index is -0.837. The third-order valence-corrected chi connectivity index (χ3v) is 10.4. The van der Waals surface area contributed by atoms with Gasteiger partial charge in [0.15, 0.2) is 11.6 Å². The zero-order valence-electron chi connectivity index (χ0n) is 24.6. The minimum Gasteiger partial charge on any atom is -0.496 e. The number of allylic oxidation sites excluding steroid dienone is 1. The number of benzene rings is 1. The number of carboxylic acids is 1. The van der Waals surface area contributed by atoms with Gasteiger partial charge in [-0.3, -0.25) is 14.4 Å². The zero-order valence-corrected chi connectivity index (χ0v) is 24.6. The Labute approximate surface area is 241 Å². The Kier molecular flexibility index (Phi) is 8.09. The number of nitrogens with one attached hydrogen (secondary N) is 2. The summed E-state index contributed by atoms with van der Waals surface area (Å²) >= 11 is 0.